The topological polar surface area (TPSA) is 76.7 Å². The van der Waals surface area contributed by atoms with Crippen molar-refractivity contribution in [2.75, 3.05) is 13.2 Å². The van der Waals surface area contributed by atoms with Crippen molar-refractivity contribution in [2.45, 2.75) is 0 Å². The smallest absolute Gasteiger partial charge is 0.338 e. The molecular weight excluding hydrogens is 226 g/mol. The van der Waals surface area contributed by atoms with Gasteiger partial charge in [0.15, 0.2) is 0 Å². The van der Waals surface area contributed by atoms with Gasteiger partial charge in [-0.3, -0.25) is 5.21 Å². The summed E-state index contributed by atoms with van der Waals surface area (Å²) < 4.78 is 10.2. The van der Waals surface area contributed by atoms with Crippen LogP contribution in [-0.4, -0.2) is 30.4 Å². The number of pyridine rings is 1. The van der Waals surface area contributed by atoms with Crippen molar-refractivity contribution in [3.63, 3.8) is 0 Å². The molecule has 6 nitrogen and oxygen atoms in total. The zero-order valence-corrected chi connectivity index (χ0v) is 9.04. The lowest BCUT2D eigenvalue weighted by Crippen LogP contribution is -2.28. The fourth-order valence-electron chi connectivity index (χ4n) is 0.974. The molecule has 0 amide bonds. The van der Waals surface area contributed by atoms with Gasteiger partial charge in [0.05, 0.1) is 5.56 Å². The second kappa shape index (κ2) is 6.26. The summed E-state index contributed by atoms with van der Waals surface area (Å²) in [5.74, 6) is -1.12. The highest BCUT2D eigenvalue weighted by Crippen LogP contribution is 1.98. The first-order chi connectivity index (χ1) is 8.13. The molecule has 0 aliphatic carbocycles. The molecule has 0 fully saturated rings. The van der Waals surface area contributed by atoms with E-state index in [2.05, 4.69) is 11.3 Å². The third kappa shape index (κ3) is 4.33. The van der Waals surface area contributed by atoms with Crippen molar-refractivity contribution < 1.29 is 29.0 Å². The number of hydrogen-bond acceptors (Lipinski definition) is 5. The fraction of sp³-hybridized carbons (Fsp3) is 0.182. The minimum atomic E-state index is -0.568. The molecule has 0 radical (unpaired) electrons. The predicted octanol–water partition coefficient (Wildman–Crippen LogP) is 0.0974. The molecule has 1 N–H and O–H groups in total. The van der Waals surface area contributed by atoms with Gasteiger partial charge in [0.1, 0.15) is 13.2 Å². The normalized spacial score (nSPS) is 9.41. The van der Waals surface area contributed by atoms with Crippen LogP contribution < -0.4 is 4.73 Å². The maximum Gasteiger partial charge on any atom is 0.338 e. The van der Waals surface area contributed by atoms with Gasteiger partial charge in [0.2, 0.25) is 12.4 Å². The number of carbonyl (C=O) groups is 2. The molecule has 1 heterocycles. The first-order valence-electron chi connectivity index (χ1n) is 4.80. The molecule has 17 heavy (non-hydrogen) atoms. The summed E-state index contributed by atoms with van der Waals surface area (Å²) in [7, 11) is 0. The Bertz CT molecular complexity index is 412. The number of ether oxygens (including phenoxy) is 2. The van der Waals surface area contributed by atoms with E-state index in [1.807, 2.05) is 0 Å². The van der Waals surface area contributed by atoms with Crippen molar-refractivity contribution in [3.8, 4) is 0 Å². The van der Waals surface area contributed by atoms with Crippen LogP contribution in [0.15, 0.2) is 37.2 Å². The number of esters is 2. The van der Waals surface area contributed by atoms with E-state index in [0.717, 1.165) is 10.8 Å². The van der Waals surface area contributed by atoms with Gasteiger partial charge in [0, 0.05) is 22.9 Å². The summed E-state index contributed by atoms with van der Waals surface area (Å²) in [6.45, 7) is 3.16. The summed E-state index contributed by atoms with van der Waals surface area (Å²) in [5, 5.41) is 8.94. The summed E-state index contributed by atoms with van der Waals surface area (Å²) >= 11 is 0. The van der Waals surface area contributed by atoms with Gasteiger partial charge in [-0.05, 0) is 0 Å². The molecule has 0 aliphatic heterocycles. The lowest BCUT2D eigenvalue weighted by atomic mass is 10.3. The zero-order valence-electron chi connectivity index (χ0n) is 9.04. The zero-order chi connectivity index (χ0) is 12.7. The van der Waals surface area contributed by atoms with Crippen molar-refractivity contribution >= 4 is 11.9 Å². The largest absolute Gasteiger partial charge is 0.459 e. The minimum Gasteiger partial charge on any atom is -0.459 e. The van der Waals surface area contributed by atoms with E-state index in [4.69, 9.17) is 9.94 Å². The number of rotatable bonds is 5. The third-order valence-electron chi connectivity index (χ3n) is 1.78. The van der Waals surface area contributed by atoms with E-state index in [1.54, 1.807) is 0 Å². The Morgan fingerprint density at radius 1 is 1.29 bits per heavy atom. The van der Waals surface area contributed by atoms with Crippen LogP contribution in [0, 0.1) is 0 Å². The average Bonchev–Trinajstić information content (AvgIpc) is 2.34. The standard InChI is InChI=1S/C11H12NO5/c1-2-10(13)16-7-8-17-11(14)9-3-5-12(15)6-4-9/h2-6,15H,1,7-8H2/q+1. The highest BCUT2D eigenvalue weighted by Gasteiger charge is 2.09. The van der Waals surface area contributed by atoms with E-state index in [-0.39, 0.29) is 13.2 Å². The highest BCUT2D eigenvalue weighted by atomic mass is 16.6. The van der Waals surface area contributed by atoms with Crippen molar-refractivity contribution in [3.05, 3.63) is 42.7 Å². The fourth-order valence-corrected chi connectivity index (χ4v) is 0.974. The van der Waals surface area contributed by atoms with Crippen molar-refractivity contribution in [1.29, 1.82) is 0 Å². The van der Waals surface area contributed by atoms with Gasteiger partial charge >= 0.3 is 11.9 Å². The van der Waals surface area contributed by atoms with E-state index < -0.39 is 11.9 Å². The molecule has 0 spiro atoms. The second-order valence-corrected chi connectivity index (χ2v) is 2.97. The molecular formula is C11H12NO5+. The molecule has 6 heteroatoms. The van der Waals surface area contributed by atoms with Crippen LogP contribution in [0.3, 0.4) is 0 Å². The first-order valence-corrected chi connectivity index (χ1v) is 4.80. The van der Waals surface area contributed by atoms with Gasteiger partial charge in [-0.25, -0.2) is 9.59 Å². The lowest BCUT2D eigenvalue weighted by Gasteiger charge is -2.04. The first kappa shape index (κ1) is 12.7. The van der Waals surface area contributed by atoms with Gasteiger partial charge in [-0.15, -0.1) is 0 Å². The van der Waals surface area contributed by atoms with Crippen LogP contribution in [-0.2, 0) is 14.3 Å². The maximum absolute atomic E-state index is 11.4. The molecule has 1 rings (SSSR count). The van der Waals surface area contributed by atoms with Crippen molar-refractivity contribution in [1.82, 2.24) is 0 Å². The van der Waals surface area contributed by atoms with Gasteiger partial charge in [-0.2, -0.15) is 0 Å². The van der Waals surface area contributed by atoms with E-state index >= 15 is 0 Å². The van der Waals surface area contributed by atoms with Crippen LogP contribution in [0.4, 0.5) is 0 Å². The van der Waals surface area contributed by atoms with Crippen LogP contribution in [0.25, 0.3) is 0 Å². The summed E-state index contributed by atoms with van der Waals surface area (Å²) in [6.07, 6.45) is 3.63. The molecule has 1 aromatic rings. The Labute approximate surface area is 97.7 Å². The summed E-state index contributed by atoms with van der Waals surface area (Å²) in [5.41, 5.74) is 0.297. The Balaban J connectivity index is 2.32. The molecule has 0 saturated carbocycles. The Morgan fingerprint density at radius 2 is 1.88 bits per heavy atom. The SMILES string of the molecule is C=CC(=O)OCCOC(=O)c1cc[n+](O)cc1. The molecule has 1 aromatic heterocycles. The highest BCUT2D eigenvalue weighted by molar-refractivity contribution is 5.89. The number of nitrogens with zero attached hydrogens (tertiary/aromatic N) is 1. The molecule has 0 saturated heterocycles. The van der Waals surface area contributed by atoms with E-state index in [0.29, 0.717) is 5.56 Å². The molecule has 0 aliphatic rings. The number of aromatic nitrogens is 1. The van der Waals surface area contributed by atoms with Crippen LogP contribution >= 0.6 is 0 Å². The van der Waals surface area contributed by atoms with Crippen molar-refractivity contribution in [2.24, 2.45) is 0 Å². The Hall–Kier alpha value is -2.37. The number of carbonyl (C=O) groups excluding carboxylic acids is 2. The molecule has 0 unspecified atom stereocenters. The second-order valence-electron chi connectivity index (χ2n) is 2.97. The molecule has 90 valence electrons. The molecule has 0 atom stereocenters. The average molecular weight is 238 g/mol. The van der Waals surface area contributed by atoms with E-state index in [9.17, 15) is 9.59 Å². The minimum absolute atomic E-state index is 0.0244. The maximum atomic E-state index is 11.4. The summed E-state index contributed by atoms with van der Waals surface area (Å²) in [6, 6.07) is 2.80. The van der Waals surface area contributed by atoms with E-state index in [1.165, 1.54) is 24.5 Å². The molecule has 0 bridgehead atoms. The molecule has 0 aromatic carbocycles. The Kier molecular flexibility index (Phi) is 4.68. The third-order valence-corrected chi connectivity index (χ3v) is 1.78. The summed E-state index contributed by atoms with van der Waals surface area (Å²) in [4.78, 5) is 22.0. The van der Waals surface area contributed by atoms with Gasteiger partial charge in [0.25, 0.3) is 0 Å². The monoisotopic (exact) mass is 238 g/mol. The number of hydrogen-bond donors (Lipinski definition) is 1. The Morgan fingerprint density at radius 3 is 2.47 bits per heavy atom. The van der Waals surface area contributed by atoms with Crippen LogP contribution in [0.2, 0.25) is 0 Å². The van der Waals surface area contributed by atoms with Crippen LogP contribution in [0.5, 0.6) is 0 Å². The lowest BCUT2D eigenvalue weighted by molar-refractivity contribution is -0.904. The van der Waals surface area contributed by atoms with Gasteiger partial charge < -0.3 is 9.47 Å². The predicted molar refractivity (Wildman–Crippen MR) is 55.3 cm³/mol. The van der Waals surface area contributed by atoms with Gasteiger partial charge in [-0.1, -0.05) is 6.58 Å². The van der Waals surface area contributed by atoms with Crippen LogP contribution in [0.1, 0.15) is 10.4 Å². The quantitative estimate of drug-likeness (QED) is 0.259.